The predicted octanol–water partition coefficient (Wildman–Crippen LogP) is 2.15. The lowest BCUT2D eigenvalue weighted by Crippen LogP contribution is -2.37. The lowest BCUT2D eigenvalue weighted by molar-refractivity contribution is 0.0910. The molecule has 7 nitrogen and oxygen atoms in total. The Labute approximate surface area is 144 Å². The number of rotatable bonds is 8. The number of carbonyl (C=O) groups excluding carboxylic acids is 1. The number of hydrogen-bond donors (Lipinski definition) is 3. The second kappa shape index (κ2) is 8.56. The monoisotopic (exact) mass is 353 g/mol. The van der Waals surface area contributed by atoms with Crippen molar-refractivity contribution < 1.29 is 19.4 Å². The molecule has 0 saturated heterocycles. The molecule has 1 amide bonds. The highest BCUT2D eigenvalue weighted by Gasteiger charge is 2.15. The van der Waals surface area contributed by atoms with Crippen LogP contribution in [0.2, 0.25) is 5.02 Å². The van der Waals surface area contributed by atoms with Crippen LogP contribution in [0.1, 0.15) is 29.5 Å². The molecule has 0 aliphatic carbocycles. The molecule has 24 heavy (non-hydrogen) atoms. The van der Waals surface area contributed by atoms with Gasteiger partial charge in [0.05, 0.1) is 30.5 Å². The fourth-order valence-corrected chi connectivity index (χ4v) is 2.19. The van der Waals surface area contributed by atoms with Crippen LogP contribution in [0.25, 0.3) is 0 Å². The van der Waals surface area contributed by atoms with E-state index in [1.165, 1.54) is 0 Å². The van der Waals surface area contributed by atoms with Crippen LogP contribution in [0.15, 0.2) is 24.3 Å². The molecular formula is C16H20ClN3O4. The zero-order valence-electron chi connectivity index (χ0n) is 13.5. The number of ether oxygens (including phenoxy) is 2. The summed E-state index contributed by atoms with van der Waals surface area (Å²) in [6.45, 7) is 1.95. The van der Waals surface area contributed by atoms with Gasteiger partial charge in [0.2, 0.25) is 0 Å². The summed E-state index contributed by atoms with van der Waals surface area (Å²) < 4.78 is 10.7. The second-order valence-electron chi connectivity index (χ2n) is 5.12. The van der Waals surface area contributed by atoms with Crippen LogP contribution in [0.3, 0.4) is 0 Å². The second-order valence-corrected chi connectivity index (χ2v) is 5.53. The Morgan fingerprint density at radius 2 is 2.25 bits per heavy atom. The zero-order valence-corrected chi connectivity index (χ0v) is 14.3. The van der Waals surface area contributed by atoms with E-state index in [1.54, 1.807) is 31.4 Å². The molecule has 8 heteroatoms. The van der Waals surface area contributed by atoms with Crippen molar-refractivity contribution in [3.05, 3.63) is 40.7 Å². The molecular weight excluding hydrogens is 334 g/mol. The molecule has 1 aromatic carbocycles. The number of hydrogen-bond acceptors (Lipinski definition) is 5. The molecule has 2 rings (SSSR count). The summed E-state index contributed by atoms with van der Waals surface area (Å²) in [7, 11) is 1.56. The average Bonchev–Trinajstić information content (AvgIpc) is 3.07. The van der Waals surface area contributed by atoms with Crippen molar-refractivity contribution in [1.82, 2.24) is 15.5 Å². The maximum absolute atomic E-state index is 12.0. The summed E-state index contributed by atoms with van der Waals surface area (Å²) in [6.07, 6.45) is 0.637. The minimum absolute atomic E-state index is 0.113. The summed E-state index contributed by atoms with van der Waals surface area (Å²) in [5, 5.41) is 18.9. The molecule has 0 aliphatic heterocycles. The van der Waals surface area contributed by atoms with Crippen LogP contribution >= 0.6 is 11.6 Å². The first kappa shape index (κ1) is 18.1. The third kappa shape index (κ3) is 4.62. The summed E-state index contributed by atoms with van der Waals surface area (Å²) in [5.41, 5.74) is 0.866. The molecule has 1 aromatic heterocycles. The molecule has 0 radical (unpaired) electrons. The fourth-order valence-electron chi connectivity index (χ4n) is 1.97. The lowest BCUT2D eigenvalue weighted by Gasteiger charge is -2.12. The number of carbonyl (C=O) groups is 1. The number of benzene rings is 1. The number of aromatic nitrogens is 2. The van der Waals surface area contributed by atoms with Gasteiger partial charge in [0, 0.05) is 6.07 Å². The topological polar surface area (TPSA) is 96.5 Å². The van der Waals surface area contributed by atoms with Crippen molar-refractivity contribution >= 4 is 17.5 Å². The van der Waals surface area contributed by atoms with Crippen LogP contribution in [0, 0.1) is 0 Å². The first-order chi connectivity index (χ1) is 11.6. The number of H-pyrrole nitrogens is 1. The average molecular weight is 354 g/mol. The number of nitrogens with zero attached hydrogens (tertiary/aromatic N) is 1. The number of amides is 1. The Hall–Kier alpha value is -2.25. The summed E-state index contributed by atoms with van der Waals surface area (Å²) in [5.74, 6) is 0.799. The van der Waals surface area contributed by atoms with Gasteiger partial charge in [-0.3, -0.25) is 9.89 Å². The van der Waals surface area contributed by atoms with E-state index in [4.69, 9.17) is 26.2 Å². The van der Waals surface area contributed by atoms with E-state index in [9.17, 15) is 4.79 Å². The standard InChI is InChI=1S/C16H20ClN3O4/c1-3-10(8-21)18-16(22)14-6-11(19-20-14)9-24-15-5-4-12(23-2)7-13(15)17/h4-7,10,21H,3,8-9H2,1-2H3,(H,18,22)(H,19,20)/t10-/m1/s1. The Kier molecular flexibility index (Phi) is 6.45. The van der Waals surface area contributed by atoms with Gasteiger partial charge in [0.25, 0.3) is 5.91 Å². The third-order valence-corrected chi connectivity index (χ3v) is 3.73. The third-order valence-electron chi connectivity index (χ3n) is 3.43. The largest absolute Gasteiger partial charge is 0.497 e. The molecule has 1 atom stereocenters. The minimum Gasteiger partial charge on any atom is -0.497 e. The van der Waals surface area contributed by atoms with Crippen LogP contribution in [-0.2, 0) is 6.61 Å². The van der Waals surface area contributed by atoms with E-state index >= 15 is 0 Å². The molecule has 0 aliphatic rings. The van der Waals surface area contributed by atoms with E-state index in [0.29, 0.717) is 28.6 Å². The van der Waals surface area contributed by atoms with Crippen LogP contribution in [0.5, 0.6) is 11.5 Å². The quantitative estimate of drug-likeness (QED) is 0.675. The van der Waals surface area contributed by atoms with E-state index in [0.717, 1.165) is 0 Å². The lowest BCUT2D eigenvalue weighted by atomic mass is 10.2. The van der Waals surface area contributed by atoms with Crippen molar-refractivity contribution in [2.75, 3.05) is 13.7 Å². The Morgan fingerprint density at radius 1 is 1.46 bits per heavy atom. The van der Waals surface area contributed by atoms with Crippen LogP contribution < -0.4 is 14.8 Å². The summed E-state index contributed by atoms with van der Waals surface area (Å²) in [4.78, 5) is 12.0. The molecule has 0 saturated carbocycles. The SMILES string of the molecule is CC[C@H](CO)NC(=O)c1cc(COc2ccc(OC)cc2Cl)[nH]n1. The maximum atomic E-state index is 12.0. The van der Waals surface area contributed by atoms with Crippen LogP contribution in [-0.4, -0.2) is 41.0 Å². The van der Waals surface area contributed by atoms with Crippen molar-refractivity contribution in [3.63, 3.8) is 0 Å². The molecule has 0 bridgehead atoms. The smallest absolute Gasteiger partial charge is 0.272 e. The van der Waals surface area contributed by atoms with E-state index in [1.807, 2.05) is 6.92 Å². The van der Waals surface area contributed by atoms with Crippen LogP contribution in [0.4, 0.5) is 0 Å². The molecule has 3 N–H and O–H groups in total. The fraction of sp³-hybridized carbons (Fsp3) is 0.375. The van der Waals surface area contributed by atoms with Crippen molar-refractivity contribution in [2.24, 2.45) is 0 Å². The highest BCUT2D eigenvalue weighted by Crippen LogP contribution is 2.29. The first-order valence-corrected chi connectivity index (χ1v) is 7.87. The Balaban J connectivity index is 1.95. The zero-order chi connectivity index (χ0) is 17.5. The van der Waals surface area contributed by atoms with Gasteiger partial charge in [0.1, 0.15) is 23.8 Å². The van der Waals surface area contributed by atoms with Crippen molar-refractivity contribution in [2.45, 2.75) is 26.0 Å². The van der Waals surface area contributed by atoms with Gasteiger partial charge in [-0.1, -0.05) is 18.5 Å². The number of nitrogens with one attached hydrogen (secondary N) is 2. The van der Waals surface area contributed by atoms with Gasteiger partial charge in [-0.25, -0.2) is 0 Å². The molecule has 1 heterocycles. The number of aliphatic hydroxyl groups excluding tert-OH is 1. The molecule has 0 unspecified atom stereocenters. The van der Waals surface area contributed by atoms with E-state index in [-0.39, 0.29) is 30.9 Å². The number of aromatic amines is 1. The van der Waals surface area contributed by atoms with Gasteiger partial charge in [0.15, 0.2) is 0 Å². The van der Waals surface area contributed by atoms with E-state index < -0.39 is 0 Å². The van der Waals surface area contributed by atoms with Gasteiger partial charge in [-0.05, 0) is 24.6 Å². The summed E-state index contributed by atoms with van der Waals surface area (Å²) in [6, 6.07) is 6.41. The molecule has 0 fully saturated rings. The summed E-state index contributed by atoms with van der Waals surface area (Å²) >= 11 is 6.10. The Bertz CT molecular complexity index is 686. The van der Waals surface area contributed by atoms with Gasteiger partial charge < -0.3 is 19.9 Å². The van der Waals surface area contributed by atoms with E-state index in [2.05, 4.69) is 15.5 Å². The Morgan fingerprint density at radius 3 is 2.88 bits per heavy atom. The minimum atomic E-state index is -0.346. The predicted molar refractivity (Wildman–Crippen MR) is 89.6 cm³/mol. The molecule has 130 valence electrons. The highest BCUT2D eigenvalue weighted by atomic mass is 35.5. The molecule has 0 spiro atoms. The number of halogens is 1. The highest BCUT2D eigenvalue weighted by molar-refractivity contribution is 6.32. The maximum Gasteiger partial charge on any atom is 0.272 e. The molecule has 2 aromatic rings. The van der Waals surface area contributed by atoms with Gasteiger partial charge >= 0.3 is 0 Å². The van der Waals surface area contributed by atoms with Crippen molar-refractivity contribution in [1.29, 1.82) is 0 Å². The number of methoxy groups -OCH3 is 1. The first-order valence-electron chi connectivity index (χ1n) is 7.49. The van der Waals surface area contributed by atoms with Gasteiger partial charge in [-0.15, -0.1) is 0 Å². The normalized spacial score (nSPS) is 11.8. The van der Waals surface area contributed by atoms with Gasteiger partial charge in [-0.2, -0.15) is 5.10 Å². The van der Waals surface area contributed by atoms with Crippen molar-refractivity contribution in [3.8, 4) is 11.5 Å². The number of aliphatic hydroxyl groups is 1.